The molecule has 2 heterocycles. The van der Waals surface area contributed by atoms with Gasteiger partial charge in [-0.05, 0) is 38.8 Å². The average molecular weight is 343 g/mol. The molecule has 1 amide bonds. The number of aromatic nitrogens is 4. The predicted octanol–water partition coefficient (Wildman–Crippen LogP) is 2.48. The van der Waals surface area contributed by atoms with E-state index in [9.17, 15) is 18.0 Å². The molecule has 0 saturated heterocycles. The van der Waals surface area contributed by atoms with Crippen molar-refractivity contribution in [1.82, 2.24) is 24.9 Å². The fraction of sp³-hybridized carbons (Fsp3) is 0.533. The van der Waals surface area contributed by atoms with Gasteiger partial charge in [0.15, 0.2) is 5.69 Å². The van der Waals surface area contributed by atoms with Crippen molar-refractivity contribution in [1.29, 1.82) is 0 Å². The molecule has 0 spiro atoms. The van der Waals surface area contributed by atoms with Gasteiger partial charge in [-0.2, -0.15) is 23.4 Å². The van der Waals surface area contributed by atoms with E-state index >= 15 is 0 Å². The second-order valence-corrected chi connectivity index (χ2v) is 5.71. The van der Waals surface area contributed by atoms with Gasteiger partial charge in [0.05, 0.1) is 6.20 Å². The van der Waals surface area contributed by atoms with E-state index in [4.69, 9.17) is 0 Å². The lowest BCUT2D eigenvalue weighted by Gasteiger charge is -2.13. The van der Waals surface area contributed by atoms with Gasteiger partial charge >= 0.3 is 6.18 Å². The number of amides is 1. The Balaban J connectivity index is 1.81. The third kappa shape index (κ3) is 4.36. The maximum absolute atomic E-state index is 12.6. The van der Waals surface area contributed by atoms with Crippen molar-refractivity contribution >= 4 is 5.91 Å². The number of nitrogens with zero attached hydrogens (tertiary/aromatic N) is 4. The maximum Gasteiger partial charge on any atom is 0.435 e. The standard InChI is InChI=1S/C15H20F3N5O/c1-10-8-20-23(9-10)12(3)14(24)19-5-4-6-22-11(2)7-13(21-22)15(16,17)18/h7-9,12H,4-6H2,1-3H3,(H,19,24). The van der Waals surface area contributed by atoms with Gasteiger partial charge in [-0.25, -0.2) is 0 Å². The van der Waals surface area contributed by atoms with E-state index in [1.165, 1.54) is 4.68 Å². The van der Waals surface area contributed by atoms with Gasteiger partial charge in [-0.3, -0.25) is 14.2 Å². The quantitative estimate of drug-likeness (QED) is 0.820. The highest BCUT2D eigenvalue weighted by molar-refractivity contribution is 5.79. The Hall–Kier alpha value is -2.32. The van der Waals surface area contributed by atoms with Crippen LogP contribution in [-0.4, -0.2) is 32.0 Å². The van der Waals surface area contributed by atoms with Crippen molar-refractivity contribution in [3.63, 3.8) is 0 Å². The molecule has 132 valence electrons. The number of carbonyl (C=O) groups is 1. The van der Waals surface area contributed by atoms with Crippen molar-refractivity contribution in [2.45, 2.75) is 46.0 Å². The van der Waals surface area contributed by atoms with E-state index < -0.39 is 17.9 Å². The number of hydrogen-bond donors (Lipinski definition) is 1. The number of alkyl halides is 3. The van der Waals surface area contributed by atoms with E-state index in [1.807, 2.05) is 6.92 Å². The van der Waals surface area contributed by atoms with Crippen LogP contribution in [0.5, 0.6) is 0 Å². The zero-order valence-corrected chi connectivity index (χ0v) is 13.8. The van der Waals surface area contributed by atoms with E-state index in [2.05, 4.69) is 15.5 Å². The summed E-state index contributed by atoms with van der Waals surface area (Å²) < 4.78 is 40.6. The van der Waals surface area contributed by atoms with Crippen molar-refractivity contribution in [2.24, 2.45) is 0 Å². The van der Waals surface area contributed by atoms with Crippen molar-refractivity contribution in [3.05, 3.63) is 35.4 Å². The van der Waals surface area contributed by atoms with Crippen LogP contribution in [-0.2, 0) is 17.5 Å². The summed E-state index contributed by atoms with van der Waals surface area (Å²) in [6.07, 6.45) is -0.517. The molecule has 0 aliphatic rings. The Labute approximate surface area is 137 Å². The lowest BCUT2D eigenvalue weighted by atomic mass is 10.3. The summed E-state index contributed by atoms with van der Waals surface area (Å²) in [5, 5.41) is 10.4. The first-order valence-corrected chi connectivity index (χ1v) is 7.58. The van der Waals surface area contributed by atoms with E-state index in [1.54, 1.807) is 30.9 Å². The molecule has 0 fully saturated rings. The number of nitrogens with one attached hydrogen (secondary N) is 1. The van der Waals surface area contributed by atoms with Gasteiger partial charge in [0, 0.05) is 25.0 Å². The Morgan fingerprint density at radius 3 is 2.62 bits per heavy atom. The first-order valence-electron chi connectivity index (χ1n) is 7.58. The van der Waals surface area contributed by atoms with Gasteiger partial charge in [0.2, 0.25) is 5.91 Å². The number of carbonyl (C=O) groups excluding carboxylic acids is 1. The van der Waals surface area contributed by atoms with E-state index in [-0.39, 0.29) is 5.91 Å². The second-order valence-electron chi connectivity index (χ2n) is 5.71. The SMILES string of the molecule is Cc1cnn(C(C)C(=O)NCCCn2nc(C(F)(F)F)cc2C)c1. The summed E-state index contributed by atoms with van der Waals surface area (Å²) in [7, 11) is 0. The zero-order chi connectivity index (χ0) is 17.9. The number of hydrogen-bond acceptors (Lipinski definition) is 3. The molecule has 24 heavy (non-hydrogen) atoms. The fourth-order valence-corrected chi connectivity index (χ4v) is 2.23. The normalized spacial score (nSPS) is 13.1. The molecule has 0 aliphatic carbocycles. The Kier molecular flexibility index (Phi) is 5.30. The highest BCUT2D eigenvalue weighted by Crippen LogP contribution is 2.28. The molecule has 0 aliphatic heterocycles. The summed E-state index contributed by atoms with van der Waals surface area (Å²) in [4.78, 5) is 12.0. The maximum atomic E-state index is 12.6. The monoisotopic (exact) mass is 343 g/mol. The van der Waals surface area contributed by atoms with Gasteiger partial charge in [-0.1, -0.05) is 0 Å². The highest BCUT2D eigenvalue weighted by atomic mass is 19.4. The highest BCUT2D eigenvalue weighted by Gasteiger charge is 2.34. The predicted molar refractivity (Wildman–Crippen MR) is 81.3 cm³/mol. The number of halogens is 3. The molecule has 0 aromatic carbocycles. The summed E-state index contributed by atoms with van der Waals surface area (Å²) in [5.74, 6) is -0.189. The summed E-state index contributed by atoms with van der Waals surface area (Å²) >= 11 is 0. The topological polar surface area (TPSA) is 64.7 Å². The summed E-state index contributed by atoms with van der Waals surface area (Å²) in [6.45, 7) is 5.84. The average Bonchev–Trinajstić information content (AvgIpc) is 3.08. The largest absolute Gasteiger partial charge is 0.435 e. The van der Waals surface area contributed by atoms with Crippen LogP contribution in [0.1, 0.15) is 36.3 Å². The third-order valence-corrected chi connectivity index (χ3v) is 3.62. The van der Waals surface area contributed by atoms with Crippen LogP contribution >= 0.6 is 0 Å². The molecular weight excluding hydrogens is 323 g/mol. The molecule has 0 radical (unpaired) electrons. The Bertz CT molecular complexity index is 704. The number of rotatable bonds is 6. The molecule has 1 unspecified atom stereocenters. The minimum atomic E-state index is -4.44. The molecule has 0 saturated carbocycles. The Morgan fingerprint density at radius 2 is 2.08 bits per heavy atom. The fourth-order valence-electron chi connectivity index (χ4n) is 2.23. The second kappa shape index (κ2) is 7.06. The zero-order valence-electron chi connectivity index (χ0n) is 13.8. The first kappa shape index (κ1) is 18.0. The third-order valence-electron chi connectivity index (χ3n) is 3.62. The lowest BCUT2D eigenvalue weighted by molar-refractivity contribution is -0.141. The van der Waals surface area contributed by atoms with Crippen LogP contribution in [0, 0.1) is 13.8 Å². The lowest BCUT2D eigenvalue weighted by Crippen LogP contribution is -2.32. The summed E-state index contributed by atoms with van der Waals surface area (Å²) in [6, 6.07) is 0.572. The van der Waals surface area contributed by atoms with Crippen LogP contribution < -0.4 is 5.32 Å². The molecule has 2 aromatic heterocycles. The smallest absolute Gasteiger partial charge is 0.354 e. The van der Waals surface area contributed by atoms with E-state index in [0.717, 1.165) is 11.6 Å². The molecule has 0 bridgehead atoms. The van der Waals surface area contributed by atoms with Crippen LogP contribution in [0.4, 0.5) is 13.2 Å². The molecule has 1 atom stereocenters. The van der Waals surface area contributed by atoms with Gasteiger partial charge in [0.1, 0.15) is 6.04 Å². The van der Waals surface area contributed by atoms with Crippen LogP contribution in [0.2, 0.25) is 0 Å². The van der Waals surface area contributed by atoms with Gasteiger partial charge in [-0.15, -0.1) is 0 Å². The number of aryl methyl sites for hydroxylation is 3. The van der Waals surface area contributed by atoms with Gasteiger partial charge in [0.25, 0.3) is 0 Å². The minimum absolute atomic E-state index is 0.189. The molecular formula is C15H20F3N5O. The molecule has 2 rings (SSSR count). The van der Waals surface area contributed by atoms with Gasteiger partial charge < -0.3 is 5.32 Å². The molecule has 9 heteroatoms. The molecule has 1 N–H and O–H groups in total. The van der Waals surface area contributed by atoms with Crippen LogP contribution in [0.25, 0.3) is 0 Å². The minimum Gasteiger partial charge on any atom is -0.354 e. The van der Waals surface area contributed by atoms with Crippen LogP contribution in [0.3, 0.4) is 0 Å². The molecule has 2 aromatic rings. The Morgan fingerprint density at radius 1 is 1.38 bits per heavy atom. The van der Waals surface area contributed by atoms with Crippen molar-refractivity contribution < 1.29 is 18.0 Å². The molecule has 6 nitrogen and oxygen atoms in total. The first-order chi connectivity index (χ1) is 11.2. The van der Waals surface area contributed by atoms with Crippen molar-refractivity contribution in [3.8, 4) is 0 Å². The van der Waals surface area contributed by atoms with E-state index in [0.29, 0.717) is 25.2 Å². The van der Waals surface area contributed by atoms with Crippen molar-refractivity contribution in [2.75, 3.05) is 6.54 Å². The summed E-state index contributed by atoms with van der Waals surface area (Å²) in [5.41, 5.74) is 0.505. The van der Waals surface area contributed by atoms with Crippen LogP contribution in [0.15, 0.2) is 18.5 Å².